The van der Waals surface area contributed by atoms with Gasteiger partial charge in [0.15, 0.2) is 5.96 Å². The molecular formula is C17H29FIN3OS. The van der Waals surface area contributed by atoms with E-state index in [1.165, 1.54) is 6.07 Å². The first kappa shape index (κ1) is 23.5. The summed E-state index contributed by atoms with van der Waals surface area (Å²) in [6.45, 7) is 7.68. The second kappa shape index (κ2) is 14.8. The van der Waals surface area contributed by atoms with Gasteiger partial charge in [0.25, 0.3) is 0 Å². The Morgan fingerprint density at radius 1 is 1.25 bits per heavy atom. The molecule has 24 heavy (non-hydrogen) atoms. The Hall–Kier alpha value is -0.540. The van der Waals surface area contributed by atoms with E-state index in [0.29, 0.717) is 6.54 Å². The van der Waals surface area contributed by atoms with Crippen molar-refractivity contribution in [2.45, 2.75) is 32.6 Å². The minimum atomic E-state index is -0.192. The number of hydrogen-bond acceptors (Lipinski definition) is 3. The van der Waals surface area contributed by atoms with Gasteiger partial charge >= 0.3 is 0 Å². The molecule has 0 aliphatic heterocycles. The monoisotopic (exact) mass is 469 g/mol. The maximum atomic E-state index is 13.4. The first-order chi connectivity index (χ1) is 11.2. The van der Waals surface area contributed by atoms with Crippen molar-refractivity contribution in [2.75, 3.05) is 32.6 Å². The van der Waals surface area contributed by atoms with Crippen LogP contribution in [-0.4, -0.2) is 38.5 Å². The lowest BCUT2D eigenvalue weighted by Gasteiger charge is -2.12. The van der Waals surface area contributed by atoms with Crippen molar-refractivity contribution in [3.8, 4) is 0 Å². The molecule has 1 aromatic rings. The van der Waals surface area contributed by atoms with Gasteiger partial charge in [0.1, 0.15) is 5.82 Å². The Labute approximate surface area is 166 Å². The third-order valence-electron chi connectivity index (χ3n) is 3.18. The fourth-order valence-electron chi connectivity index (χ4n) is 2.07. The molecule has 0 bridgehead atoms. The van der Waals surface area contributed by atoms with E-state index < -0.39 is 0 Å². The lowest BCUT2D eigenvalue weighted by Crippen LogP contribution is -2.38. The number of nitrogens with zero attached hydrogens (tertiary/aromatic N) is 1. The molecule has 0 aliphatic carbocycles. The van der Waals surface area contributed by atoms with Gasteiger partial charge in [-0.25, -0.2) is 9.38 Å². The second-order valence-corrected chi connectivity index (χ2v) is 5.88. The van der Waals surface area contributed by atoms with Crippen LogP contribution in [0.3, 0.4) is 0 Å². The van der Waals surface area contributed by atoms with Gasteiger partial charge in [0.2, 0.25) is 0 Å². The third-order valence-corrected chi connectivity index (χ3v) is 3.78. The van der Waals surface area contributed by atoms with Crippen molar-refractivity contribution in [3.05, 3.63) is 35.1 Å². The van der Waals surface area contributed by atoms with Gasteiger partial charge in [-0.1, -0.05) is 6.07 Å². The molecule has 0 aliphatic rings. The molecule has 138 valence electrons. The number of ether oxygens (including phenoxy) is 1. The van der Waals surface area contributed by atoms with Crippen LogP contribution in [0.25, 0.3) is 0 Å². The van der Waals surface area contributed by atoms with Crippen LogP contribution in [0.15, 0.2) is 23.2 Å². The Morgan fingerprint density at radius 2 is 2.04 bits per heavy atom. The number of thioether (sulfide) groups is 1. The summed E-state index contributed by atoms with van der Waals surface area (Å²) in [5.74, 6) is 1.38. The maximum absolute atomic E-state index is 13.4. The highest BCUT2D eigenvalue weighted by Gasteiger charge is 2.04. The van der Waals surface area contributed by atoms with Crippen molar-refractivity contribution < 1.29 is 9.13 Å². The summed E-state index contributed by atoms with van der Waals surface area (Å²) < 4.78 is 18.7. The van der Waals surface area contributed by atoms with Gasteiger partial charge < -0.3 is 15.4 Å². The first-order valence-corrected chi connectivity index (χ1v) is 9.46. The largest absolute Gasteiger partial charge is 0.382 e. The molecule has 1 aromatic carbocycles. The molecule has 4 nitrogen and oxygen atoms in total. The molecule has 0 amide bonds. The predicted molar refractivity (Wildman–Crippen MR) is 113 cm³/mol. The van der Waals surface area contributed by atoms with Crippen molar-refractivity contribution in [3.63, 3.8) is 0 Å². The Balaban J connectivity index is 0.00000529. The summed E-state index contributed by atoms with van der Waals surface area (Å²) >= 11 is 1.68. The second-order valence-electron chi connectivity index (χ2n) is 5.02. The number of guanidine groups is 1. The molecule has 0 unspecified atom stereocenters. The number of rotatable bonds is 10. The van der Waals surface area contributed by atoms with E-state index in [2.05, 4.69) is 15.6 Å². The van der Waals surface area contributed by atoms with Crippen LogP contribution in [0.2, 0.25) is 0 Å². The molecule has 0 radical (unpaired) electrons. The number of hydrogen-bond donors (Lipinski definition) is 2. The molecule has 0 saturated heterocycles. The van der Waals surface area contributed by atoms with Gasteiger partial charge in [-0.15, -0.1) is 24.0 Å². The normalized spacial score (nSPS) is 11.1. The zero-order chi connectivity index (χ0) is 16.9. The molecule has 0 saturated carbocycles. The molecule has 0 aromatic heterocycles. The van der Waals surface area contributed by atoms with Crippen molar-refractivity contribution in [2.24, 2.45) is 4.99 Å². The molecule has 0 heterocycles. The van der Waals surface area contributed by atoms with Gasteiger partial charge in [-0.2, -0.15) is 11.8 Å². The van der Waals surface area contributed by atoms with Crippen LogP contribution in [0.1, 0.15) is 31.4 Å². The third kappa shape index (κ3) is 9.68. The standard InChI is InChI=1S/C17H28FN3OS.HI/c1-4-19-17(20-9-6-10-22-5-2)21-12-14-7-8-16(18)11-15(14)13-23-3;/h7-8,11H,4-6,9-10,12-13H2,1-3H3,(H2,19,20,21);1H. The molecule has 0 spiro atoms. The molecule has 1 rings (SSSR count). The molecule has 2 N–H and O–H groups in total. The molecule has 7 heteroatoms. The van der Waals surface area contributed by atoms with Crippen molar-refractivity contribution in [1.82, 2.24) is 10.6 Å². The van der Waals surface area contributed by atoms with Crippen LogP contribution in [0.4, 0.5) is 4.39 Å². The van der Waals surface area contributed by atoms with Gasteiger partial charge in [0, 0.05) is 32.1 Å². The summed E-state index contributed by atoms with van der Waals surface area (Å²) in [5, 5.41) is 6.52. The molecule has 0 atom stereocenters. The summed E-state index contributed by atoms with van der Waals surface area (Å²) in [4.78, 5) is 4.60. The number of benzene rings is 1. The van der Waals surface area contributed by atoms with Crippen LogP contribution in [0.5, 0.6) is 0 Å². The Bertz CT molecular complexity index is 489. The van der Waals surface area contributed by atoms with E-state index in [1.54, 1.807) is 17.8 Å². The van der Waals surface area contributed by atoms with E-state index in [-0.39, 0.29) is 29.8 Å². The Morgan fingerprint density at radius 3 is 2.71 bits per heavy atom. The molecular weight excluding hydrogens is 440 g/mol. The first-order valence-electron chi connectivity index (χ1n) is 8.07. The van der Waals surface area contributed by atoms with Crippen LogP contribution >= 0.6 is 35.7 Å². The zero-order valence-electron chi connectivity index (χ0n) is 14.7. The maximum Gasteiger partial charge on any atom is 0.191 e. The smallest absolute Gasteiger partial charge is 0.191 e. The summed E-state index contributed by atoms with van der Waals surface area (Å²) in [6.07, 6.45) is 2.95. The lowest BCUT2D eigenvalue weighted by molar-refractivity contribution is 0.145. The van der Waals surface area contributed by atoms with E-state index in [0.717, 1.165) is 55.6 Å². The van der Waals surface area contributed by atoms with Crippen LogP contribution in [0, 0.1) is 5.82 Å². The highest BCUT2D eigenvalue weighted by Crippen LogP contribution is 2.17. The zero-order valence-corrected chi connectivity index (χ0v) is 17.9. The van der Waals surface area contributed by atoms with Crippen LogP contribution < -0.4 is 10.6 Å². The average molecular weight is 469 g/mol. The lowest BCUT2D eigenvalue weighted by atomic mass is 10.1. The number of nitrogens with one attached hydrogen (secondary N) is 2. The topological polar surface area (TPSA) is 45.7 Å². The van der Waals surface area contributed by atoms with Gasteiger partial charge in [-0.05, 0) is 49.8 Å². The SMILES string of the molecule is CCNC(=NCc1ccc(F)cc1CSC)NCCCOCC.I. The quantitative estimate of drug-likeness (QED) is 0.237. The van der Waals surface area contributed by atoms with Crippen molar-refractivity contribution in [1.29, 1.82) is 0 Å². The van der Waals surface area contributed by atoms with E-state index in [9.17, 15) is 4.39 Å². The fraction of sp³-hybridized carbons (Fsp3) is 0.588. The van der Waals surface area contributed by atoms with Gasteiger partial charge in [0.05, 0.1) is 6.54 Å². The Kier molecular flexibility index (Phi) is 14.4. The molecule has 0 fully saturated rings. The van der Waals surface area contributed by atoms with Crippen molar-refractivity contribution >= 4 is 41.7 Å². The summed E-state index contributed by atoms with van der Waals surface area (Å²) in [5.41, 5.74) is 2.07. The van der Waals surface area contributed by atoms with E-state index >= 15 is 0 Å². The highest BCUT2D eigenvalue weighted by atomic mass is 127. The minimum Gasteiger partial charge on any atom is -0.382 e. The number of halogens is 2. The predicted octanol–water partition coefficient (Wildman–Crippen LogP) is 3.79. The average Bonchev–Trinajstić information content (AvgIpc) is 2.54. The van der Waals surface area contributed by atoms with Gasteiger partial charge in [-0.3, -0.25) is 0 Å². The fourth-order valence-corrected chi connectivity index (χ4v) is 2.65. The van der Waals surface area contributed by atoms with E-state index in [1.807, 2.05) is 26.2 Å². The van der Waals surface area contributed by atoms with Crippen LogP contribution in [-0.2, 0) is 17.0 Å². The summed E-state index contributed by atoms with van der Waals surface area (Å²) in [6, 6.07) is 4.92. The number of aliphatic imine (C=N–C) groups is 1. The minimum absolute atomic E-state index is 0. The van der Waals surface area contributed by atoms with E-state index in [4.69, 9.17) is 4.74 Å². The summed E-state index contributed by atoms with van der Waals surface area (Å²) in [7, 11) is 0. The highest BCUT2D eigenvalue weighted by molar-refractivity contribution is 14.0.